The fraction of sp³-hybridized carbons (Fsp3) is 0.742. The number of halogens is 6. The van der Waals surface area contributed by atoms with E-state index in [2.05, 4.69) is 24.4 Å². The largest absolute Gasteiger partial charge is 0.598 e. The molecular formula is C31H47F6N5O4SSi. The fourth-order valence-corrected chi connectivity index (χ4v) is 6.77. The number of amides is 2. The predicted molar refractivity (Wildman–Crippen MR) is 174 cm³/mol. The van der Waals surface area contributed by atoms with Crippen LogP contribution in [0.15, 0.2) is 18.2 Å². The molecule has 0 bridgehead atoms. The third-order valence-electron chi connectivity index (χ3n) is 8.51. The highest BCUT2D eigenvalue weighted by molar-refractivity contribution is 7.90. The van der Waals surface area contributed by atoms with E-state index >= 15 is 0 Å². The number of nitrogens with zero attached hydrogens (tertiary/aromatic N) is 3. The van der Waals surface area contributed by atoms with Crippen LogP contribution in [0.5, 0.6) is 0 Å². The summed E-state index contributed by atoms with van der Waals surface area (Å²) in [6, 6.07) is 1.56. The van der Waals surface area contributed by atoms with E-state index in [1.165, 1.54) is 4.90 Å². The zero-order chi connectivity index (χ0) is 36.0. The molecule has 1 unspecified atom stereocenters. The average Bonchev–Trinajstić information content (AvgIpc) is 3.59. The average molecular weight is 728 g/mol. The molecule has 2 N–H and O–H groups in total. The van der Waals surface area contributed by atoms with E-state index in [0.29, 0.717) is 23.2 Å². The summed E-state index contributed by atoms with van der Waals surface area (Å²) < 4.78 is 111. The van der Waals surface area contributed by atoms with E-state index in [1.807, 2.05) is 5.32 Å². The lowest BCUT2D eigenvalue weighted by Crippen LogP contribution is -2.47. The maximum Gasteiger partial charge on any atom is 0.416 e. The Kier molecular flexibility index (Phi) is 11.2. The molecule has 1 aliphatic carbocycles. The standard InChI is InChI=1S/C31H47F6N5O4SSi/c1-28(2,3)47(44)40-22(17-46-29(4,5)31(35,36)37)26-38-21-15-20(11-12-23(21)42(26)18-45-13-14-48(6,7)8)25(19-9-10-19)41-16-24(30(32,33)34)39-27(41)43/h11-12,15,19,22,24-25,40H,9-10,13-14,16-18H2,1-8H3,(H,39,43)/t22-,24-,25+,47?/m0/s1. The monoisotopic (exact) mass is 727 g/mol. The lowest BCUT2D eigenvalue weighted by molar-refractivity contribution is -0.265. The maximum atomic E-state index is 13.8. The van der Waals surface area contributed by atoms with Gasteiger partial charge in [-0.25, -0.2) is 9.78 Å². The van der Waals surface area contributed by atoms with Crippen LogP contribution in [-0.4, -0.2) is 81.6 Å². The first-order chi connectivity index (χ1) is 21.9. The number of carbonyl (C=O) groups is 1. The Morgan fingerprint density at radius 1 is 1.10 bits per heavy atom. The lowest BCUT2D eigenvalue weighted by atomic mass is 10.00. The molecule has 272 valence electrons. The second kappa shape index (κ2) is 13.9. The highest BCUT2D eigenvalue weighted by Crippen LogP contribution is 2.46. The minimum atomic E-state index is -4.68. The molecule has 4 rings (SSSR count). The van der Waals surface area contributed by atoms with Crippen molar-refractivity contribution in [1.82, 2.24) is 24.5 Å². The number of aromatic nitrogens is 2. The van der Waals surface area contributed by atoms with Crippen molar-refractivity contribution < 1.29 is 45.2 Å². The maximum absolute atomic E-state index is 13.8. The van der Waals surface area contributed by atoms with E-state index in [0.717, 1.165) is 32.7 Å². The van der Waals surface area contributed by atoms with Crippen LogP contribution in [0.25, 0.3) is 11.0 Å². The Bertz CT molecular complexity index is 1440. The Balaban J connectivity index is 1.76. The molecule has 0 spiro atoms. The van der Waals surface area contributed by atoms with Gasteiger partial charge in [-0.15, -0.1) is 4.72 Å². The first-order valence-electron chi connectivity index (χ1n) is 16.0. The van der Waals surface area contributed by atoms with E-state index in [1.54, 1.807) is 43.5 Å². The normalized spacial score (nSPS) is 20.4. The molecule has 48 heavy (non-hydrogen) atoms. The van der Waals surface area contributed by atoms with Gasteiger partial charge in [-0.1, -0.05) is 25.7 Å². The summed E-state index contributed by atoms with van der Waals surface area (Å²) in [5, 5.41) is 2.05. The van der Waals surface area contributed by atoms with Gasteiger partial charge in [-0.3, -0.25) is 0 Å². The molecule has 2 aliphatic rings. The Hall–Kier alpha value is -2.05. The first-order valence-corrected chi connectivity index (χ1v) is 20.8. The van der Waals surface area contributed by atoms with Crippen molar-refractivity contribution in [2.45, 2.75) is 121 Å². The van der Waals surface area contributed by atoms with Gasteiger partial charge in [0.25, 0.3) is 0 Å². The molecule has 2 aromatic rings. The van der Waals surface area contributed by atoms with Gasteiger partial charge in [0.1, 0.15) is 29.4 Å². The minimum absolute atomic E-state index is 0.00744. The number of alkyl halides is 6. The summed E-state index contributed by atoms with van der Waals surface area (Å²) >= 11 is -1.74. The van der Waals surface area contributed by atoms with Crippen molar-refractivity contribution in [2.24, 2.45) is 5.92 Å². The summed E-state index contributed by atoms with van der Waals surface area (Å²) in [6.07, 6.45) is -7.79. The van der Waals surface area contributed by atoms with E-state index < -0.39 is 79.4 Å². The number of hydrogen-bond donors (Lipinski definition) is 2. The van der Waals surface area contributed by atoms with Crippen molar-refractivity contribution in [3.8, 4) is 0 Å². The van der Waals surface area contributed by atoms with Gasteiger partial charge >= 0.3 is 18.4 Å². The minimum Gasteiger partial charge on any atom is -0.598 e. The molecule has 0 radical (unpaired) electrons. The molecular weight excluding hydrogens is 681 g/mol. The summed E-state index contributed by atoms with van der Waals surface area (Å²) in [7, 11) is -1.46. The Morgan fingerprint density at radius 2 is 1.75 bits per heavy atom. The van der Waals surface area contributed by atoms with Crippen molar-refractivity contribution >= 4 is 36.5 Å². The number of nitrogens with one attached hydrogen (secondary N) is 2. The third kappa shape index (κ3) is 9.38. The quantitative estimate of drug-likeness (QED) is 0.0924. The zero-order valence-electron chi connectivity index (χ0n) is 28.6. The fourth-order valence-electron chi connectivity index (χ4n) is 5.23. The van der Waals surface area contributed by atoms with Crippen molar-refractivity contribution in [3.63, 3.8) is 0 Å². The second-order valence-electron chi connectivity index (χ2n) is 15.3. The van der Waals surface area contributed by atoms with Gasteiger partial charge in [-0.2, -0.15) is 26.3 Å². The molecule has 1 aromatic carbocycles. The highest BCUT2D eigenvalue weighted by Gasteiger charge is 2.51. The van der Waals surface area contributed by atoms with E-state index in [4.69, 9.17) is 14.5 Å². The predicted octanol–water partition coefficient (Wildman–Crippen LogP) is 7.21. The molecule has 17 heteroatoms. The molecule has 9 nitrogen and oxygen atoms in total. The Labute approximate surface area is 281 Å². The van der Waals surface area contributed by atoms with Crippen molar-refractivity contribution in [2.75, 3.05) is 19.8 Å². The summed E-state index contributed by atoms with van der Waals surface area (Å²) in [5.74, 6) is 0.193. The van der Waals surface area contributed by atoms with Crippen molar-refractivity contribution in [1.29, 1.82) is 0 Å². The van der Waals surface area contributed by atoms with Crippen LogP contribution in [0.2, 0.25) is 25.7 Å². The number of ether oxygens (including phenoxy) is 2. The third-order valence-corrected chi connectivity index (χ3v) is 11.8. The van der Waals surface area contributed by atoms with Gasteiger partial charge in [0.2, 0.25) is 0 Å². The van der Waals surface area contributed by atoms with E-state index in [9.17, 15) is 35.7 Å². The summed E-state index contributed by atoms with van der Waals surface area (Å²) in [4.78, 5) is 18.8. The molecule has 4 atom stereocenters. The van der Waals surface area contributed by atoms with E-state index in [-0.39, 0.29) is 18.5 Å². The number of benzene rings is 1. The number of carbonyl (C=O) groups excluding carboxylic acids is 1. The SMILES string of the molecule is CC(C)(C)[S+]([O-])N[C@@H](COC(C)(C)C(F)(F)F)c1nc2cc([C@@H](C3CC3)N3C[C@@H](C(F)(F)F)NC3=O)ccc2n1COCC[Si](C)(C)C. The highest BCUT2D eigenvalue weighted by atomic mass is 32.2. The van der Waals surface area contributed by atoms with Crippen LogP contribution in [0.4, 0.5) is 31.1 Å². The number of urea groups is 1. The van der Waals surface area contributed by atoms with Crippen molar-refractivity contribution in [3.05, 3.63) is 29.6 Å². The van der Waals surface area contributed by atoms with Crippen LogP contribution >= 0.6 is 0 Å². The second-order valence-corrected chi connectivity index (χ2v) is 23.0. The zero-order valence-corrected chi connectivity index (χ0v) is 30.5. The molecule has 1 aromatic heterocycles. The topological polar surface area (TPSA) is 104 Å². The number of fused-ring (bicyclic) bond motifs is 1. The Morgan fingerprint density at radius 3 is 2.27 bits per heavy atom. The molecule has 1 aliphatic heterocycles. The summed E-state index contributed by atoms with van der Waals surface area (Å²) in [5.41, 5.74) is -0.969. The first kappa shape index (κ1) is 38.7. The van der Waals surface area contributed by atoms with Crippen LogP contribution in [0, 0.1) is 5.92 Å². The molecule has 2 amide bonds. The van der Waals surface area contributed by atoms with Crippen LogP contribution in [-0.2, 0) is 27.6 Å². The number of hydrogen-bond acceptors (Lipinski definition) is 6. The molecule has 2 heterocycles. The van der Waals surface area contributed by atoms with Gasteiger partial charge in [0.05, 0.1) is 30.2 Å². The van der Waals surface area contributed by atoms with Gasteiger partial charge in [-0.05, 0) is 77.1 Å². The van der Waals surface area contributed by atoms with Gasteiger partial charge in [0.15, 0.2) is 5.60 Å². The van der Waals surface area contributed by atoms with Gasteiger partial charge in [0, 0.05) is 26.0 Å². The van der Waals surface area contributed by atoms with Crippen LogP contribution in [0.1, 0.15) is 70.9 Å². The number of rotatable bonds is 14. The summed E-state index contributed by atoms with van der Waals surface area (Å²) in [6.45, 7) is 13.0. The molecule has 1 saturated heterocycles. The smallest absolute Gasteiger partial charge is 0.416 e. The van der Waals surface area contributed by atoms with Gasteiger partial charge < -0.3 is 28.8 Å². The molecule has 1 saturated carbocycles. The lowest BCUT2D eigenvalue weighted by Gasteiger charge is -2.32. The van der Waals surface area contributed by atoms with Crippen LogP contribution < -0.4 is 10.0 Å². The number of imidazole rings is 1. The van der Waals surface area contributed by atoms with Crippen LogP contribution in [0.3, 0.4) is 0 Å². The molecule has 2 fully saturated rings.